The third kappa shape index (κ3) is 7.35. The van der Waals surface area contributed by atoms with Gasteiger partial charge in [0.05, 0.1) is 5.75 Å². The fourth-order valence-corrected chi connectivity index (χ4v) is 3.29. The molecular weight excluding hydrogens is 352 g/mol. The van der Waals surface area contributed by atoms with Crippen LogP contribution in [0.4, 0.5) is 0 Å². The average Bonchev–Trinajstić information content (AvgIpc) is 3.01. The van der Waals surface area contributed by atoms with Crippen LogP contribution in [0.3, 0.4) is 0 Å². The van der Waals surface area contributed by atoms with Gasteiger partial charge < -0.3 is 14.4 Å². The molecule has 1 atom stereocenters. The first-order valence-corrected chi connectivity index (χ1v) is 10.6. The SMILES string of the molecule is CCN(CC)CC.CN(CCS(=O)(=O)O)C1COc2cscc2O1. The first kappa shape index (κ1) is 21.2. The smallest absolute Gasteiger partial charge is 0.266 e. The average molecular weight is 381 g/mol. The van der Waals surface area contributed by atoms with Gasteiger partial charge in [-0.05, 0) is 26.7 Å². The van der Waals surface area contributed by atoms with Gasteiger partial charge in [0.1, 0.15) is 6.61 Å². The van der Waals surface area contributed by atoms with Crippen LogP contribution in [0.5, 0.6) is 11.5 Å². The minimum Gasteiger partial charge on any atom is -0.483 e. The summed E-state index contributed by atoms with van der Waals surface area (Å²) in [7, 11) is -2.22. The molecular formula is C15H28N2O5S2. The zero-order chi connectivity index (χ0) is 18.2. The maximum absolute atomic E-state index is 10.6. The van der Waals surface area contributed by atoms with E-state index in [1.54, 1.807) is 11.9 Å². The predicted octanol–water partition coefficient (Wildman–Crippen LogP) is 2.01. The number of thiophene rings is 1. The molecule has 0 bridgehead atoms. The molecule has 0 fully saturated rings. The largest absolute Gasteiger partial charge is 0.483 e. The molecule has 0 radical (unpaired) electrons. The molecule has 9 heteroatoms. The van der Waals surface area contributed by atoms with Crippen molar-refractivity contribution in [3.63, 3.8) is 0 Å². The standard InChI is InChI=1S/C9H13NO5S2.C6H15N/c1-10(2-3-17(11,12)13)9-4-14-7-5-16-6-8(7)15-9;1-4-7(5-2)6-3/h5-6,9H,2-4H2,1H3,(H,11,12,13);4-6H2,1-3H3. The van der Waals surface area contributed by atoms with Crippen LogP contribution in [0.15, 0.2) is 10.8 Å². The summed E-state index contributed by atoms with van der Waals surface area (Å²) >= 11 is 1.48. The van der Waals surface area contributed by atoms with E-state index in [0.717, 1.165) is 5.75 Å². The molecule has 1 N–H and O–H groups in total. The second-order valence-electron chi connectivity index (χ2n) is 5.37. The zero-order valence-corrected chi connectivity index (χ0v) is 16.4. The van der Waals surface area contributed by atoms with Gasteiger partial charge in [0.15, 0.2) is 17.7 Å². The summed E-state index contributed by atoms with van der Waals surface area (Å²) in [5, 5.41) is 3.68. The first-order chi connectivity index (χ1) is 11.3. The van der Waals surface area contributed by atoms with Crippen LogP contribution in [0.2, 0.25) is 0 Å². The molecule has 2 rings (SSSR count). The summed E-state index contributed by atoms with van der Waals surface area (Å²) in [6, 6.07) is 0. The van der Waals surface area contributed by atoms with E-state index < -0.39 is 10.1 Å². The van der Waals surface area contributed by atoms with Gasteiger partial charge >= 0.3 is 0 Å². The van der Waals surface area contributed by atoms with Crippen molar-refractivity contribution < 1.29 is 22.4 Å². The number of fused-ring (bicyclic) bond motifs is 1. The lowest BCUT2D eigenvalue weighted by Crippen LogP contribution is -2.44. The number of likely N-dealkylation sites (N-methyl/N-ethyl adjacent to an activating group) is 1. The third-order valence-electron chi connectivity index (χ3n) is 3.77. The highest BCUT2D eigenvalue weighted by Crippen LogP contribution is 2.35. The Hall–Kier alpha value is -0.870. The normalized spacial score (nSPS) is 16.9. The maximum Gasteiger partial charge on any atom is 0.266 e. The molecule has 0 spiro atoms. The molecule has 1 unspecified atom stereocenters. The van der Waals surface area contributed by atoms with Gasteiger partial charge in [-0.25, -0.2) is 0 Å². The number of rotatable bonds is 7. The van der Waals surface area contributed by atoms with Gasteiger partial charge in [0, 0.05) is 17.3 Å². The lowest BCUT2D eigenvalue weighted by atomic mass is 10.4. The minimum absolute atomic E-state index is 0.187. The Morgan fingerprint density at radius 2 is 1.79 bits per heavy atom. The highest BCUT2D eigenvalue weighted by Gasteiger charge is 2.25. The van der Waals surface area contributed by atoms with Gasteiger partial charge in [-0.1, -0.05) is 20.8 Å². The van der Waals surface area contributed by atoms with E-state index in [0.29, 0.717) is 12.4 Å². The van der Waals surface area contributed by atoms with Crippen molar-refractivity contribution in [2.24, 2.45) is 0 Å². The highest BCUT2D eigenvalue weighted by atomic mass is 32.2. The quantitative estimate of drug-likeness (QED) is 0.725. The van der Waals surface area contributed by atoms with E-state index in [1.807, 2.05) is 10.8 Å². The third-order valence-corrected chi connectivity index (χ3v) is 5.17. The lowest BCUT2D eigenvalue weighted by molar-refractivity contribution is -0.0115. The molecule has 1 aromatic rings. The zero-order valence-electron chi connectivity index (χ0n) is 14.8. The molecule has 0 saturated heterocycles. The molecule has 7 nitrogen and oxygen atoms in total. The molecule has 1 aromatic heterocycles. The van der Waals surface area contributed by atoms with E-state index in [9.17, 15) is 8.42 Å². The fraction of sp³-hybridized carbons (Fsp3) is 0.733. The number of nitrogens with zero attached hydrogens (tertiary/aromatic N) is 2. The van der Waals surface area contributed by atoms with E-state index in [-0.39, 0.29) is 18.5 Å². The Morgan fingerprint density at radius 1 is 1.21 bits per heavy atom. The van der Waals surface area contributed by atoms with Crippen molar-refractivity contribution in [2.45, 2.75) is 27.0 Å². The van der Waals surface area contributed by atoms with Crippen LogP contribution < -0.4 is 9.47 Å². The van der Waals surface area contributed by atoms with Crippen LogP contribution in [-0.2, 0) is 10.1 Å². The summed E-state index contributed by atoms with van der Waals surface area (Å²) < 4.78 is 41.0. The molecule has 1 aliphatic rings. The van der Waals surface area contributed by atoms with Crippen LogP contribution in [-0.4, -0.2) is 74.6 Å². The first-order valence-electron chi connectivity index (χ1n) is 8.04. The van der Waals surface area contributed by atoms with Crippen molar-refractivity contribution >= 4 is 21.5 Å². The van der Waals surface area contributed by atoms with Gasteiger partial charge in [-0.3, -0.25) is 9.45 Å². The lowest BCUT2D eigenvalue weighted by Gasteiger charge is -2.31. The second-order valence-corrected chi connectivity index (χ2v) is 7.69. The molecule has 140 valence electrons. The fourth-order valence-electron chi connectivity index (χ4n) is 2.10. The van der Waals surface area contributed by atoms with Gasteiger partial charge in [0.25, 0.3) is 10.1 Å². The van der Waals surface area contributed by atoms with Gasteiger partial charge in [-0.15, -0.1) is 11.3 Å². The summed E-state index contributed by atoms with van der Waals surface area (Å²) in [5.41, 5.74) is 0. The van der Waals surface area contributed by atoms with Crippen LogP contribution in [0.25, 0.3) is 0 Å². The molecule has 0 amide bonds. The van der Waals surface area contributed by atoms with E-state index in [4.69, 9.17) is 14.0 Å². The van der Waals surface area contributed by atoms with Crippen LogP contribution >= 0.6 is 11.3 Å². The number of hydrogen-bond acceptors (Lipinski definition) is 7. The van der Waals surface area contributed by atoms with Gasteiger partial charge in [-0.2, -0.15) is 8.42 Å². The van der Waals surface area contributed by atoms with Crippen molar-refractivity contribution in [3.05, 3.63) is 10.8 Å². The molecule has 24 heavy (non-hydrogen) atoms. The van der Waals surface area contributed by atoms with Gasteiger partial charge in [0.2, 0.25) is 0 Å². The molecule has 2 heterocycles. The van der Waals surface area contributed by atoms with E-state index >= 15 is 0 Å². The number of ether oxygens (including phenoxy) is 2. The Balaban J connectivity index is 0.000000351. The maximum atomic E-state index is 10.6. The summed E-state index contributed by atoms with van der Waals surface area (Å²) in [4.78, 5) is 4.06. The number of hydrogen-bond donors (Lipinski definition) is 1. The van der Waals surface area contributed by atoms with E-state index in [2.05, 4.69) is 25.7 Å². The van der Waals surface area contributed by atoms with Crippen LogP contribution in [0, 0.1) is 0 Å². The Bertz CT molecular complexity index is 567. The minimum atomic E-state index is -3.94. The van der Waals surface area contributed by atoms with Crippen molar-refractivity contribution in [3.8, 4) is 11.5 Å². The summed E-state index contributed by atoms with van der Waals surface area (Å²) in [6.45, 7) is 10.7. The van der Waals surface area contributed by atoms with E-state index in [1.165, 1.54) is 31.0 Å². The van der Waals surface area contributed by atoms with Crippen LogP contribution in [0.1, 0.15) is 20.8 Å². The Kier molecular flexibility index (Phi) is 8.99. The summed E-state index contributed by atoms with van der Waals surface area (Å²) in [5.74, 6) is 1.07. The highest BCUT2D eigenvalue weighted by molar-refractivity contribution is 7.85. The second kappa shape index (κ2) is 10.2. The molecule has 0 aliphatic carbocycles. The monoisotopic (exact) mass is 380 g/mol. The molecule has 0 saturated carbocycles. The predicted molar refractivity (Wildman–Crippen MR) is 96.7 cm³/mol. The Labute approximate surface area is 148 Å². The van der Waals surface area contributed by atoms with Crippen molar-refractivity contribution in [1.82, 2.24) is 9.80 Å². The topological polar surface area (TPSA) is 79.3 Å². The molecule has 1 aliphatic heterocycles. The Morgan fingerprint density at radius 3 is 2.29 bits per heavy atom. The molecule has 0 aromatic carbocycles. The van der Waals surface area contributed by atoms with Crippen molar-refractivity contribution in [2.75, 3.05) is 45.6 Å². The van der Waals surface area contributed by atoms with Crippen molar-refractivity contribution in [1.29, 1.82) is 0 Å². The summed E-state index contributed by atoms with van der Waals surface area (Å²) in [6.07, 6.45) is -0.334.